The second-order valence-corrected chi connectivity index (χ2v) is 22.0. The van der Waals surface area contributed by atoms with Gasteiger partial charge in [-0.3, -0.25) is 4.98 Å². The Kier molecular flexibility index (Phi) is 8.47. The molecule has 2 aromatic carbocycles. The molecule has 1 N–H and O–H groups in total. The highest BCUT2D eigenvalue weighted by atomic mass is 28.4. The monoisotopic (exact) mass is 684 g/mol. The maximum Gasteiger partial charge on any atom is 0.319 e. The molecule has 8 nitrogen and oxygen atoms in total. The summed E-state index contributed by atoms with van der Waals surface area (Å²) in [5.74, 6) is 0.959. The van der Waals surface area contributed by atoms with Crippen LogP contribution in [0.3, 0.4) is 0 Å². The van der Waals surface area contributed by atoms with E-state index in [1.807, 2.05) is 30.3 Å². The number of rotatable bonds is 7. The van der Waals surface area contributed by atoms with Crippen LogP contribution in [0.25, 0.3) is 32.9 Å². The van der Waals surface area contributed by atoms with E-state index < -0.39 is 14.1 Å². The molecule has 3 saturated heterocycles. The Morgan fingerprint density at radius 3 is 2.53 bits per heavy atom. The molecule has 4 aromatic rings. The molecule has 2 aromatic heterocycles. The lowest BCUT2D eigenvalue weighted by atomic mass is 9.72. The van der Waals surface area contributed by atoms with Crippen molar-refractivity contribution in [2.24, 2.45) is 5.41 Å². The molecule has 10 heteroatoms. The minimum absolute atomic E-state index is 0.0112. The van der Waals surface area contributed by atoms with Crippen molar-refractivity contribution in [2.45, 2.75) is 103 Å². The van der Waals surface area contributed by atoms with Crippen LogP contribution in [-0.4, -0.2) is 79.1 Å². The average molecular weight is 685 g/mol. The van der Waals surface area contributed by atoms with Crippen molar-refractivity contribution in [3.8, 4) is 23.0 Å². The molecular weight excluding hydrogens is 632 g/mol. The molecule has 3 atom stereocenters. The molecule has 3 fully saturated rings. The topological polar surface area (TPSA) is 75.6 Å². The predicted molar refractivity (Wildman–Crippen MR) is 200 cm³/mol. The minimum atomic E-state index is -2.17. The van der Waals surface area contributed by atoms with Crippen LogP contribution >= 0.6 is 0 Å². The number of likely N-dealkylation sites (N-methyl/N-ethyl adjacent to an activating group) is 1. The molecule has 0 saturated carbocycles. The number of piperazine rings is 1. The molecule has 5 heterocycles. The lowest BCUT2D eigenvalue weighted by Gasteiger charge is -2.49. The quantitative estimate of drug-likeness (QED) is 0.195. The van der Waals surface area contributed by atoms with Gasteiger partial charge in [0.1, 0.15) is 29.4 Å². The van der Waals surface area contributed by atoms with Gasteiger partial charge in [0.2, 0.25) is 8.32 Å². The van der Waals surface area contributed by atoms with Crippen LogP contribution in [0.4, 0.5) is 10.2 Å². The van der Waals surface area contributed by atoms with Crippen LogP contribution in [0.1, 0.15) is 67.2 Å². The van der Waals surface area contributed by atoms with Crippen molar-refractivity contribution in [3.63, 3.8) is 0 Å². The summed E-state index contributed by atoms with van der Waals surface area (Å²) in [6.07, 6.45) is 6.16. The number of halogens is 1. The first kappa shape index (κ1) is 34.1. The third kappa shape index (κ3) is 6.18. The standard InChI is InChI=1S/C39H53FN6O2Si/c1-37(2,3)39-17-16-26(44-39)22-46(24-39)35-31-21-41-33(32(40)34(31)42-36(43-35)47-23-27-14-12-18-45(27)7)30-20-28(48-49(8,9)38(4,5)6)19-25-13-10-11-15-29(25)30/h10-11,13,15,19-21,26-27,44H,12,14,16-18,22-24H2,1-9H3/t26?,27-,39?/m0/s1. The highest BCUT2D eigenvalue weighted by molar-refractivity contribution is 6.74. The third-order valence-corrected chi connectivity index (χ3v) is 16.4. The second-order valence-electron chi connectivity index (χ2n) is 17.2. The Balaban J connectivity index is 1.36. The lowest BCUT2D eigenvalue weighted by molar-refractivity contribution is 0.145. The number of hydrogen-bond acceptors (Lipinski definition) is 8. The number of likely N-dealkylation sites (tertiary alicyclic amines) is 1. The van der Waals surface area contributed by atoms with E-state index in [1.165, 1.54) is 0 Å². The second kappa shape index (κ2) is 12.2. The SMILES string of the molecule is CN1CCC[C@H]1COc1nc(N2CC3CCC(C(C)(C)C)(C2)N3)c2cnc(-c3cc(O[Si](C)(C)C(C)(C)C)cc4ccccc34)c(F)c2n1. The van der Waals surface area contributed by atoms with Gasteiger partial charge < -0.3 is 24.3 Å². The van der Waals surface area contributed by atoms with Gasteiger partial charge in [-0.1, -0.05) is 65.8 Å². The Bertz CT molecular complexity index is 1890. The van der Waals surface area contributed by atoms with Gasteiger partial charge >= 0.3 is 6.01 Å². The van der Waals surface area contributed by atoms with Crippen LogP contribution in [0, 0.1) is 11.2 Å². The maximum absolute atomic E-state index is 17.2. The Morgan fingerprint density at radius 1 is 1.04 bits per heavy atom. The largest absolute Gasteiger partial charge is 0.543 e. The molecule has 0 amide bonds. The molecule has 0 radical (unpaired) electrons. The molecule has 2 bridgehead atoms. The number of nitrogens with zero attached hydrogens (tertiary/aromatic N) is 5. The zero-order chi connectivity index (χ0) is 34.9. The van der Waals surface area contributed by atoms with Gasteiger partial charge in [0.25, 0.3) is 0 Å². The first-order valence-electron chi connectivity index (χ1n) is 18.0. The van der Waals surface area contributed by atoms with E-state index in [9.17, 15) is 0 Å². The summed E-state index contributed by atoms with van der Waals surface area (Å²) >= 11 is 0. The molecule has 49 heavy (non-hydrogen) atoms. The predicted octanol–water partition coefficient (Wildman–Crippen LogP) is 8.20. The summed E-state index contributed by atoms with van der Waals surface area (Å²) in [4.78, 5) is 19.3. The van der Waals surface area contributed by atoms with Gasteiger partial charge in [0, 0.05) is 42.5 Å². The Hall–Kier alpha value is -3.34. The van der Waals surface area contributed by atoms with Crippen molar-refractivity contribution in [2.75, 3.05) is 38.2 Å². The number of nitrogens with one attached hydrogen (secondary N) is 1. The number of aromatic nitrogens is 3. The number of pyridine rings is 1. The van der Waals surface area contributed by atoms with E-state index >= 15 is 4.39 Å². The fraction of sp³-hybridized carbons (Fsp3) is 0.564. The fourth-order valence-electron chi connectivity index (χ4n) is 7.73. The van der Waals surface area contributed by atoms with Crippen molar-refractivity contribution >= 4 is 35.8 Å². The summed E-state index contributed by atoms with van der Waals surface area (Å²) < 4.78 is 30.3. The smallest absolute Gasteiger partial charge is 0.319 e. The molecule has 3 aliphatic heterocycles. The van der Waals surface area contributed by atoms with Crippen LogP contribution in [0.5, 0.6) is 11.8 Å². The summed E-state index contributed by atoms with van der Waals surface area (Å²) in [5.41, 5.74) is 1.14. The van der Waals surface area contributed by atoms with Gasteiger partial charge in [0.15, 0.2) is 5.82 Å². The van der Waals surface area contributed by atoms with Crippen LogP contribution in [0.15, 0.2) is 42.6 Å². The van der Waals surface area contributed by atoms with Gasteiger partial charge in [0.05, 0.1) is 5.39 Å². The summed E-state index contributed by atoms with van der Waals surface area (Å²) in [7, 11) is -0.0394. The van der Waals surface area contributed by atoms with E-state index in [1.54, 1.807) is 6.20 Å². The van der Waals surface area contributed by atoms with Gasteiger partial charge in [-0.2, -0.15) is 9.97 Å². The van der Waals surface area contributed by atoms with E-state index in [-0.39, 0.29) is 39.3 Å². The Morgan fingerprint density at radius 2 is 1.82 bits per heavy atom. The van der Waals surface area contributed by atoms with Crippen molar-refractivity contribution in [1.29, 1.82) is 0 Å². The zero-order valence-corrected chi connectivity index (χ0v) is 31.8. The molecule has 262 valence electrons. The third-order valence-electron chi connectivity index (χ3n) is 12.0. The zero-order valence-electron chi connectivity index (χ0n) is 30.8. The van der Waals surface area contributed by atoms with Crippen LogP contribution < -0.4 is 19.4 Å². The first-order valence-corrected chi connectivity index (χ1v) is 20.9. The number of benzene rings is 2. The summed E-state index contributed by atoms with van der Waals surface area (Å²) in [6, 6.07) is 12.9. The molecular formula is C39H53FN6O2Si. The fourth-order valence-corrected chi connectivity index (χ4v) is 8.74. The van der Waals surface area contributed by atoms with Crippen LogP contribution in [0.2, 0.25) is 18.1 Å². The number of fused-ring (bicyclic) bond motifs is 4. The van der Waals surface area contributed by atoms with E-state index in [2.05, 4.69) is 82.9 Å². The number of hydrogen-bond donors (Lipinski definition) is 1. The average Bonchev–Trinajstić information content (AvgIpc) is 3.60. The Labute approximate surface area is 291 Å². The molecule has 7 rings (SSSR count). The van der Waals surface area contributed by atoms with Gasteiger partial charge in [-0.15, -0.1) is 0 Å². The van der Waals surface area contributed by atoms with Crippen molar-refractivity contribution < 1.29 is 13.6 Å². The number of anilines is 1. The maximum atomic E-state index is 17.2. The molecule has 0 aliphatic carbocycles. The molecule has 0 spiro atoms. The molecule has 2 unspecified atom stereocenters. The first-order chi connectivity index (χ1) is 23.1. The number of ether oxygens (including phenoxy) is 1. The normalized spacial score (nSPS) is 23.5. The van der Waals surface area contributed by atoms with Gasteiger partial charge in [-0.25, -0.2) is 4.39 Å². The van der Waals surface area contributed by atoms with Gasteiger partial charge in [-0.05, 0) is 85.7 Å². The summed E-state index contributed by atoms with van der Waals surface area (Å²) in [5, 5.41) is 6.45. The van der Waals surface area contributed by atoms with E-state index in [0.717, 1.165) is 61.8 Å². The minimum Gasteiger partial charge on any atom is -0.543 e. The van der Waals surface area contributed by atoms with Crippen molar-refractivity contribution in [3.05, 3.63) is 48.4 Å². The summed E-state index contributed by atoms with van der Waals surface area (Å²) in [6.45, 7) is 21.1. The van der Waals surface area contributed by atoms with Crippen molar-refractivity contribution in [1.82, 2.24) is 25.2 Å². The van der Waals surface area contributed by atoms with E-state index in [0.29, 0.717) is 29.4 Å². The highest BCUT2D eigenvalue weighted by Gasteiger charge is 2.52. The van der Waals surface area contributed by atoms with Crippen LogP contribution in [-0.2, 0) is 0 Å². The lowest BCUT2D eigenvalue weighted by Crippen LogP contribution is -2.65. The molecule has 3 aliphatic rings. The van der Waals surface area contributed by atoms with E-state index in [4.69, 9.17) is 24.1 Å². The highest BCUT2D eigenvalue weighted by Crippen LogP contribution is 2.45.